The molecule has 0 saturated carbocycles. The van der Waals surface area contributed by atoms with Crippen molar-refractivity contribution < 1.29 is 0 Å². The van der Waals surface area contributed by atoms with Gasteiger partial charge in [-0.3, -0.25) is 11.3 Å². The maximum atomic E-state index is 5.44. The Balaban J connectivity index is 2.90. The van der Waals surface area contributed by atoms with E-state index in [9.17, 15) is 0 Å². The van der Waals surface area contributed by atoms with Crippen molar-refractivity contribution >= 4 is 15.9 Å². The normalized spacial score (nSPS) is 12.5. The summed E-state index contributed by atoms with van der Waals surface area (Å²) in [4.78, 5) is 0. The summed E-state index contributed by atoms with van der Waals surface area (Å²) in [7, 11) is 0. The molecule has 0 spiro atoms. The molecule has 0 fully saturated rings. The van der Waals surface area contributed by atoms with Gasteiger partial charge in [0.05, 0.1) is 6.04 Å². The lowest BCUT2D eigenvalue weighted by Gasteiger charge is -2.15. The molecule has 0 aliphatic carbocycles. The minimum absolute atomic E-state index is 0.132. The molecule has 0 bridgehead atoms. The summed E-state index contributed by atoms with van der Waals surface area (Å²) in [5.74, 6) is 5.44. The smallest absolute Gasteiger partial charge is 0.0505 e. The number of hydrogen-bond acceptors (Lipinski definition) is 2. The fourth-order valence-electron chi connectivity index (χ4n) is 1.21. The molecule has 1 unspecified atom stereocenters. The van der Waals surface area contributed by atoms with Gasteiger partial charge < -0.3 is 0 Å². The maximum Gasteiger partial charge on any atom is 0.0505 e. The predicted octanol–water partition coefficient (Wildman–Crippen LogP) is 2.53. The SMILES string of the molecule is C=CCC(NN)c1ccccc1Br. The Morgan fingerprint density at radius 1 is 1.54 bits per heavy atom. The molecule has 3 N–H and O–H groups in total. The van der Waals surface area contributed by atoms with Gasteiger partial charge in [-0.25, -0.2) is 0 Å². The van der Waals surface area contributed by atoms with Crippen molar-refractivity contribution in [1.29, 1.82) is 0 Å². The second kappa shape index (κ2) is 5.17. The molecule has 1 rings (SSSR count). The molecule has 1 atom stereocenters. The second-order valence-electron chi connectivity index (χ2n) is 2.77. The molecular formula is C10H13BrN2. The molecule has 0 amide bonds. The molecule has 2 nitrogen and oxygen atoms in total. The van der Waals surface area contributed by atoms with E-state index in [4.69, 9.17) is 5.84 Å². The second-order valence-corrected chi connectivity index (χ2v) is 3.62. The van der Waals surface area contributed by atoms with Crippen LogP contribution in [-0.4, -0.2) is 0 Å². The lowest BCUT2D eigenvalue weighted by Crippen LogP contribution is -2.27. The topological polar surface area (TPSA) is 38.0 Å². The predicted molar refractivity (Wildman–Crippen MR) is 59.0 cm³/mol. The van der Waals surface area contributed by atoms with Gasteiger partial charge >= 0.3 is 0 Å². The van der Waals surface area contributed by atoms with Crippen LogP contribution in [0.4, 0.5) is 0 Å². The fourth-order valence-corrected chi connectivity index (χ4v) is 1.77. The Bertz CT molecular complexity index is 286. The number of nitrogens with one attached hydrogen (secondary N) is 1. The molecule has 0 aromatic heterocycles. The molecule has 1 aromatic carbocycles. The molecule has 3 heteroatoms. The molecule has 0 heterocycles. The van der Waals surface area contributed by atoms with E-state index in [1.54, 1.807) is 0 Å². The van der Waals surface area contributed by atoms with Gasteiger partial charge in [-0.15, -0.1) is 6.58 Å². The standard InChI is InChI=1S/C10H13BrN2/c1-2-5-10(13-12)8-6-3-4-7-9(8)11/h2-4,6-7,10,13H,1,5,12H2. The minimum Gasteiger partial charge on any atom is -0.271 e. The number of hydrogen-bond donors (Lipinski definition) is 2. The largest absolute Gasteiger partial charge is 0.271 e. The Morgan fingerprint density at radius 2 is 2.23 bits per heavy atom. The van der Waals surface area contributed by atoms with Crippen LogP contribution in [-0.2, 0) is 0 Å². The van der Waals surface area contributed by atoms with Crippen molar-refractivity contribution in [3.63, 3.8) is 0 Å². The molecule has 0 saturated heterocycles. The van der Waals surface area contributed by atoms with Gasteiger partial charge in [-0.05, 0) is 18.1 Å². The number of rotatable bonds is 4. The van der Waals surface area contributed by atoms with Gasteiger partial charge in [-0.2, -0.15) is 0 Å². The summed E-state index contributed by atoms with van der Waals surface area (Å²) in [5, 5.41) is 0. The summed E-state index contributed by atoms with van der Waals surface area (Å²) in [6.07, 6.45) is 2.67. The van der Waals surface area contributed by atoms with Crippen molar-refractivity contribution in [2.45, 2.75) is 12.5 Å². The summed E-state index contributed by atoms with van der Waals surface area (Å²) in [6, 6.07) is 8.15. The van der Waals surface area contributed by atoms with Crippen LogP contribution in [0, 0.1) is 0 Å². The van der Waals surface area contributed by atoms with Gasteiger partial charge in [0, 0.05) is 4.47 Å². The summed E-state index contributed by atoms with van der Waals surface area (Å²) >= 11 is 3.48. The zero-order valence-electron chi connectivity index (χ0n) is 7.33. The zero-order chi connectivity index (χ0) is 9.68. The van der Waals surface area contributed by atoms with E-state index in [-0.39, 0.29) is 6.04 Å². The van der Waals surface area contributed by atoms with Gasteiger partial charge in [0.2, 0.25) is 0 Å². The average Bonchev–Trinajstić information content (AvgIpc) is 2.16. The van der Waals surface area contributed by atoms with E-state index in [1.165, 1.54) is 0 Å². The Morgan fingerprint density at radius 3 is 2.77 bits per heavy atom. The van der Waals surface area contributed by atoms with Crippen molar-refractivity contribution in [3.8, 4) is 0 Å². The first-order chi connectivity index (χ1) is 6.29. The lowest BCUT2D eigenvalue weighted by molar-refractivity contribution is 0.559. The van der Waals surface area contributed by atoms with Crippen LogP contribution in [0.3, 0.4) is 0 Å². The van der Waals surface area contributed by atoms with E-state index in [2.05, 4.69) is 27.9 Å². The van der Waals surface area contributed by atoms with E-state index in [0.29, 0.717) is 0 Å². The van der Waals surface area contributed by atoms with E-state index < -0.39 is 0 Å². The first-order valence-electron chi connectivity index (χ1n) is 4.11. The minimum atomic E-state index is 0.132. The van der Waals surface area contributed by atoms with Crippen molar-refractivity contribution in [2.24, 2.45) is 5.84 Å². The Labute approximate surface area is 86.9 Å². The highest BCUT2D eigenvalue weighted by Gasteiger charge is 2.09. The molecule has 13 heavy (non-hydrogen) atoms. The first-order valence-corrected chi connectivity index (χ1v) is 4.90. The lowest BCUT2D eigenvalue weighted by atomic mass is 10.0. The van der Waals surface area contributed by atoms with Crippen LogP contribution < -0.4 is 11.3 Å². The molecule has 0 aliphatic heterocycles. The third-order valence-electron chi connectivity index (χ3n) is 1.88. The van der Waals surface area contributed by atoms with E-state index >= 15 is 0 Å². The highest BCUT2D eigenvalue weighted by atomic mass is 79.9. The molecule has 70 valence electrons. The summed E-state index contributed by atoms with van der Waals surface area (Å²) in [5.41, 5.74) is 3.92. The van der Waals surface area contributed by atoms with Crippen LogP contribution in [0.15, 0.2) is 41.4 Å². The van der Waals surface area contributed by atoms with E-state index in [1.807, 2.05) is 30.3 Å². The Kier molecular flexibility index (Phi) is 4.15. The third kappa shape index (κ3) is 2.66. The van der Waals surface area contributed by atoms with Gasteiger partial charge in [0.1, 0.15) is 0 Å². The van der Waals surface area contributed by atoms with Gasteiger partial charge in [0.15, 0.2) is 0 Å². The third-order valence-corrected chi connectivity index (χ3v) is 2.61. The average molecular weight is 241 g/mol. The Hall–Kier alpha value is -0.640. The van der Waals surface area contributed by atoms with Crippen LogP contribution in [0.25, 0.3) is 0 Å². The highest BCUT2D eigenvalue weighted by Crippen LogP contribution is 2.24. The van der Waals surface area contributed by atoms with Crippen LogP contribution in [0.5, 0.6) is 0 Å². The van der Waals surface area contributed by atoms with Crippen molar-refractivity contribution in [1.82, 2.24) is 5.43 Å². The van der Waals surface area contributed by atoms with Gasteiger partial charge in [-0.1, -0.05) is 40.2 Å². The first kappa shape index (κ1) is 10.4. The van der Waals surface area contributed by atoms with Crippen LogP contribution in [0.1, 0.15) is 18.0 Å². The van der Waals surface area contributed by atoms with Gasteiger partial charge in [0.25, 0.3) is 0 Å². The van der Waals surface area contributed by atoms with Crippen LogP contribution >= 0.6 is 15.9 Å². The van der Waals surface area contributed by atoms with Crippen LogP contribution in [0.2, 0.25) is 0 Å². The fraction of sp³-hybridized carbons (Fsp3) is 0.200. The summed E-state index contributed by atoms with van der Waals surface area (Å²) < 4.78 is 1.07. The van der Waals surface area contributed by atoms with E-state index in [0.717, 1.165) is 16.5 Å². The molecular weight excluding hydrogens is 228 g/mol. The molecule has 0 aliphatic rings. The number of benzene rings is 1. The summed E-state index contributed by atoms with van der Waals surface area (Å²) in [6.45, 7) is 3.69. The molecule has 0 radical (unpaired) electrons. The number of halogens is 1. The number of hydrazine groups is 1. The number of nitrogens with two attached hydrogens (primary N) is 1. The zero-order valence-corrected chi connectivity index (χ0v) is 8.92. The molecule has 1 aromatic rings. The highest BCUT2D eigenvalue weighted by molar-refractivity contribution is 9.10. The van der Waals surface area contributed by atoms with Crippen molar-refractivity contribution in [3.05, 3.63) is 47.0 Å². The van der Waals surface area contributed by atoms with Crippen molar-refractivity contribution in [2.75, 3.05) is 0 Å². The monoisotopic (exact) mass is 240 g/mol. The quantitative estimate of drug-likeness (QED) is 0.483. The maximum absolute atomic E-state index is 5.44.